The van der Waals surface area contributed by atoms with Crippen LogP contribution >= 0.6 is 11.6 Å². The Morgan fingerprint density at radius 1 is 1.25 bits per heavy atom. The third-order valence-electron chi connectivity index (χ3n) is 4.33. The Hall–Kier alpha value is -2.27. The van der Waals surface area contributed by atoms with Crippen molar-refractivity contribution in [2.75, 3.05) is 26.2 Å². The van der Waals surface area contributed by atoms with Crippen LogP contribution in [0.4, 0.5) is 5.82 Å². The van der Waals surface area contributed by atoms with Crippen molar-refractivity contribution in [1.29, 1.82) is 0 Å². The predicted molar refractivity (Wildman–Crippen MR) is 93.1 cm³/mol. The minimum absolute atomic E-state index is 0.0414. The first-order chi connectivity index (χ1) is 11.5. The van der Waals surface area contributed by atoms with E-state index in [4.69, 9.17) is 21.1 Å². The van der Waals surface area contributed by atoms with Crippen LogP contribution in [-0.4, -0.2) is 32.2 Å². The van der Waals surface area contributed by atoms with Gasteiger partial charge in [0.2, 0.25) is 5.91 Å². The molecule has 0 saturated heterocycles. The van der Waals surface area contributed by atoms with Gasteiger partial charge in [-0.2, -0.15) is 0 Å². The number of halogens is 1. The van der Waals surface area contributed by atoms with E-state index >= 15 is 0 Å². The van der Waals surface area contributed by atoms with Crippen LogP contribution in [0.1, 0.15) is 17.9 Å². The van der Waals surface area contributed by atoms with Crippen molar-refractivity contribution in [3.05, 3.63) is 47.1 Å². The monoisotopic (exact) mass is 346 g/mol. The lowest BCUT2D eigenvalue weighted by atomic mass is 10.1. The van der Waals surface area contributed by atoms with Crippen molar-refractivity contribution in [3.8, 4) is 11.5 Å². The summed E-state index contributed by atoms with van der Waals surface area (Å²) in [6.45, 7) is 0. The fourth-order valence-electron chi connectivity index (χ4n) is 2.87. The fourth-order valence-corrected chi connectivity index (χ4v) is 2.98. The quantitative estimate of drug-likeness (QED) is 0.831. The van der Waals surface area contributed by atoms with Gasteiger partial charge in [-0.1, -0.05) is 11.6 Å². The SMILES string of the molecule is COc1ccc(OC)c([C@H]2C[C@@H]2C(=O)N(C)c2ccc(Cl)cn2)c1. The molecule has 1 aromatic heterocycles. The average Bonchev–Trinajstić information content (AvgIpc) is 3.41. The van der Waals surface area contributed by atoms with Crippen molar-refractivity contribution >= 4 is 23.3 Å². The number of carbonyl (C=O) groups excluding carboxylic acids is 1. The molecule has 1 aliphatic rings. The van der Waals surface area contributed by atoms with Crippen molar-refractivity contribution in [2.24, 2.45) is 5.92 Å². The Labute approximate surface area is 146 Å². The molecule has 0 bridgehead atoms. The standard InChI is InChI=1S/C18H19ClN2O3/c1-21(17-7-4-11(19)10-20-17)18(22)15-9-13(15)14-8-12(23-2)5-6-16(14)24-3/h4-8,10,13,15H,9H2,1-3H3/t13-,15+/m1/s1. The molecule has 1 heterocycles. The number of pyridine rings is 1. The average molecular weight is 347 g/mol. The van der Waals surface area contributed by atoms with E-state index in [1.54, 1.807) is 38.3 Å². The van der Waals surface area contributed by atoms with Gasteiger partial charge in [-0.3, -0.25) is 9.69 Å². The Kier molecular flexibility index (Phi) is 4.62. The van der Waals surface area contributed by atoms with Crippen molar-refractivity contribution in [1.82, 2.24) is 4.98 Å². The number of hydrogen-bond donors (Lipinski definition) is 0. The van der Waals surface area contributed by atoms with E-state index in [-0.39, 0.29) is 17.7 Å². The smallest absolute Gasteiger partial charge is 0.231 e. The molecule has 0 aliphatic heterocycles. The number of anilines is 1. The van der Waals surface area contributed by atoms with Gasteiger partial charge in [-0.25, -0.2) is 4.98 Å². The highest BCUT2D eigenvalue weighted by Gasteiger charge is 2.47. The van der Waals surface area contributed by atoms with Crippen molar-refractivity contribution in [3.63, 3.8) is 0 Å². The van der Waals surface area contributed by atoms with E-state index in [2.05, 4.69) is 4.98 Å². The Morgan fingerprint density at radius 2 is 2.04 bits per heavy atom. The Bertz CT molecular complexity index is 748. The van der Waals surface area contributed by atoms with Crippen LogP contribution in [-0.2, 0) is 4.79 Å². The lowest BCUT2D eigenvalue weighted by molar-refractivity contribution is -0.119. The fraction of sp³-hybridized carbons (Fsp3) is 0.333. The number of nitrogens with zero attached hydrogens (tertiary/aromatic N) is 2. The van der Waals surface area contributed by atoms with Gasteiger partial charge in [0.05, 0.1) is 19.2 Å². The number of aromatic nitrogens is 1. The molecule has 0 unspecified atom stereocenters. The molecule has 0 spiro atoms. The summed E-state index contributed by atoms with van der Waals surface area (Å²) in [5.41, 5.74) is 1.01. The molecule has 0 N–H and O–H groups in total. The zero-order chi connectivity index (χ0) is 17.3. The van der Waals surface area contributed by atoms with Crippen LogP contribution in [0.15, 0.2) is 36.5 Å². The zero-order valence-corrected chi connectivity index (χ0v) is 14.6. The molecule has 5 nitrogen and oxygen atoms in total. The second-order valence-corrected chi connectivity index (χ2v) is 6.22. The second kappa shape index (κ2) is 6.69. The van der Waals surface area contributed by atoms with E-state index in [1.165, 1.54) is 6.20 Å². The second-order valence-electron chi connectivity index (χ2n) is 5.79. The molecular weight excluding hydrogens is 328 g/mol. The summed E-state index contributed by atoms with van der Waals surface area (Å²) in [6.07, 6.45) is 2.33. The predicted octanol–water partition coefficient (Wildman–Crippen LogP) is 3.52. The largest absolute Gasteiger partial charge is 0.497 e. The number of benzene rings is 1. The highest BCUT2D eigenvalue weighted by Crippen LogP contribution is 2.52. The first-order valence-electron chi connectivity index (χ1n) is 7.66. The first-order valence-corrected chi connectivity index (χ1v) is 8.04. The zero-order valence-electron chi connectivity index (χ0n) is 13.8. The number of amides is 1. The summed E-state index contributed by atoms with van der Waals surface area (Å²) in [5.74, 6) is 2.23. The van der Waals surface area contributed by atoms with Crippen LogP contribution < -0.4 is 14.4 Å². The lowest BCUT2D eigenvalue weighted by Gasteiger charge is -2.16. The molecule has 24 heavy (non-hydrogen) atoms. The van der Waals surface area contributed by atoms with Crippen LogP contribution in [0.5, 0.6) is 11.5 Å². The van der Waals surface area contributed by atoms with Crippen LogP contribution in [0.2, 0.25) is 5.02 Å². The Balaban J connectivity index is 1.77. The van der Waals surface area contributed by atoms with E-state index in [0.717, 1.165) is 23.5 Å². The first kappa shape index (κ1) is 16.6. The van der Waals surface area contributed by atoms with Gasteiger partial charge in [0.1, 0.15) is 17.3 Å². The highest BCUT2D eigenvalue weighted by molar-refractivity contribution is 6.30. The maximum absolute atomic E-state index is 12.7. The maximum atomic E-state index is 12.7. The van der Waals surface area contributed by atoms with Crippen LogP contribution in [0.3, 0.4) is 0 Å². The van der Waals surface area contributed by atoms with Gasteiger partial charge in [0.15, 0.2) is 0 Å². The van der Waals surface area contributed by atoms with Gasteiger partial charge in [-0.15, -0.1) is 0 Å². The van der Waals surface area contributed by atoms with E-state index in [1.807, 2.05) is 18.2 Å². The summed E-state index contributed by atoms with van der Waals surface area (Å²) in [5, 5.41) is 0.546. The molecule has 1 fully saturated rings. The molecule has 0 radical (unpaired) electrons. The Morgan fingerprint density at radius 3 is 2.67 bits per heavy atom. The minimum Gasteiger partial charge on any atom is -0.497 e. The van der Waals surface area contributed by atoms with E-state index < -0.39 is 0 Å². The highest BCUT2D eigenvalue weighted by atomic mass is 35.5. The normalized spacial score (nSPS) is 18.8. The van der Waals surface area contributed by atoms with Crippen molar-refractivity contribution in [2.45, 2.75) is 12.3 Å². The third-order valence-corrected chi connectivity index (χ3v) is 4.55. The molecular formula is C18H19ClN2O3. The molecule has 1 saturated carbocycles. The number of rotatable bonds is 5. The van der Waals surface area contributed by atoms with Gasteiger partial charge in [0, 0.05) is 30.6 Å². The summed E-state index contributed by atoms with van der Waals surface area (Å²) in [7, 11) is 4.99. The van der Waals surface area contributed by atoms with Gasteiger partial charge >= 0.3 is 0 Å². The van der Waals surface area contributed by atoms with Gasteiger partial charge in [0.25, 0.3) is 0 Å². The summed E-state index contributed by atoms with van der Waals surface area (Å²) >= 11 is 5.84. The molecule has 6 heteroatoms. The van der Waals surface area contributed by atoms with E-state index in [9.17, 15) is 4.79 Å². The molecule has 2 aromatic rings. The van der Waals surface area contributed by atoms with Gasteiger partial charge < -0.3 is 9.47 Å². The summed E-state index contributed by atoms with van der Waals surface area (Å²) in [4.78, 5) is 18.5. The number of hydrogen-bond acceptors (Lipinski definition) is 4. The van der Waals surface area contributed by atoms with E-state index in [0.29, 0.717) is 10.8 Å². The molecule has 1 aliphatic carbocycles. The number of ether oxygens (including phenoxy) is 2. The minimum atomic E-state index is -0.0755. The van der Waals surface area contributed by atoms with Crippen LogP contribution in [0.25, 0.3) is 0 Å². The topological polar surface area (TPSA) is 51.7 Å². The summed E-state index contributed by atoms with van der Waals surface area (Å²) < 4.78 is 10.7. The molecule has 126 valence electrons. The molecule has 3 rings (SSSR count). The third kappa shape index (κ3) is 3.17. The van der Waals surface area contributed by atoms with Crippen molar-refractivity contribution < 1.29 is 14.3 Å². The molecule has 1 amide bonds. The lowest BCUT2D eigenvalue weighted by Crippen LogP contribution is -2.28. The maximum Gasteiger partial charge on any atom is 0.231 e. The summed E-state index contributed by atoms with van der Waals surface area (Å²) in [6, 6.07) is 9.13. The number of carbonyl (C=O) groups is 1. The molecule has 1 aromatic carbocycles. The van der Waals surface area contributed by atoms with Crippen LogP contribution in [0, 0.1) is 5.92 Å². The number of methoxy groups -OCH3 is 2. The van der Waals surface area contributed by atoms with Gasteiger partial charge in [-0.05, 0) is 36.8 Å². The molecule has 2 atom stereocenters.